The average Bonchev–Trinajstić information content (AvgIpc) is 3.19. The van der Waals surface area contributed by atoms with E-state index in [-0.39, 0.29) is 12.1 Å². The van der Waals surface area contributed by atoms with Gasteiger partial charge in [0.05, 0.1) is 11.7 Å². The second-order valence-corrected chi connectivity index (χ2v) is 6.74. The highest BCUT2D eigenvalue weighted by Crippen LogP contribution is 2.20. The number of carbonyl (C=O) groups is 2. The summed E-state index contributed by atoms with van der Waals surface area (Å²) in [5.41, 5.74) is 1.65. The van der Waals surface area contributed by atoms with E-state index in [4.69, 9.17) is 11.6 Å². The maximum absolute atomic E-state index is 13.1. The Balaban J connectivity index is 1.78. The first-order valence-corrected chi connectivity index (χ1v) is 8.99. The van der Waals surface area contributed by atoms with E-state index >= 15 is 0 Å². The largest absolute Gasteiger partial charge is 0.479 e. The lowest BCUT2D eigenvalue weighted by molar-refractivity contribution is -0.148. The van der Waals surface area contributed by atoms with Crippen molar-refractivity contribution in [1.82, 2.24) is 15.5 Å². The molecule has 2 aromatic carbocycles. The van der Waals surface area contributed by atoms with Crippen molar-refractivity contribution in [2.24, 2.45) is 0 Å². The summed E-state index contributed by atoms with van der Waals surface area (Å²) in [7, 11) is 0. The number of nitrogens with zero attached hydrogens (tertiary/aromatic N) is 1. The Morgan fingerprint density at radius 1 is 1.17 bits per heavy atom. The summed E-state index contributed by atoms with van der Waals surface area (Å²) < 4.78 is 13.1. The highest BCUT2D eigenvalue weighted by atomic mass is 35.5. The normalized spacial score (nSPS) is 12.9. The highest BCUT2D eigenvalue weighted by Gasteiger charge is 2.29. The van der Waals surface area contributed by atoms with Crippen LogP contribution >= 0.6 is 11.6 Å². The second-order valence-electron chi connectivity index (χ2n) is 6.33. The van der Waals surface area contributed by atoms with Crippen LogP contribution in [0.25, 0.3) is 11.3 Å². The fourth-order valence-corrected chi connectivity index (χ4v) is 2.98. The van der Waals surface area contributed by atoms with Gasteiger partial charge in [0.25, 0.3) is 5.91 Å². The molecule has 0 fully saturated rings. The number of rotatable bonds is 7. The lowest BCUT2D eigenvalue weighted by Gasteiger charge is -2.21. The summed E-state index contributed by atoms with van der Waals surface area (Å²) in [5.74, 6) is -2.52. The van der Waals surface area contributed by atoms with Gasteiger partial charge >= 0.3 is 5.97 Å². The monoisotopic (exact) mass is 417 g/mol. The summed E-state index contributed by atoms with van der Waals surface area (Å²) in [4.78, 5) is 23.8. The summed E-state index contributed by atoms with van der Waals surface area (Å²) in [5, 5.41) is 28.7. The molecule has 3 rings (SSSR count). The van der Waals surface area contributed by atoms with Crippen LogP contribution < -0.4 is 5.32 Å². The number of aromatic amines is 1. The van der Waals surface area contributed by atoms with Crippen molar-refractivity contribution in [3.05, 3.63) is 76.7 Å². The number of benzene rings is 2. The van der Waals surface area contributed by atoms with Gasteiger partial charge in [-0.15, -0.1) is 0 Å². The van der Waals surface area contributed by atoms with E-state index in [0.29, 0.717) is 21.8 Å². The molecular formula is C20H17ClFN3O4. The van der Waals surface area contributed by atoms with Crippen LogP contribution in [0.5, 0.6) is 0 Å². The molecular weight excluding hydrogens is 401 g/mol. The van der Waals surface area contributed by atoms with E-state index in [0.717, 1.165) is 0 Å². The first kappa shape index (κ1) is 20.5. The molecule has 7 nitrogen and oxygen atoms in total. The average molecular weight is 418 g/mol. The van der Waals surface area contributed by atoms with E-state index in [2.05, 4.69) is 15.5 Å². The van der Waals surface area contributed by atoms with Crippen LogP contribution in [0.4, 0.5) is 4.39 Å². The van der Waals surface area contributed by atoms with Gasteiger partial charge in [0.2, 0.25) is 0 Å². The number of aliphatic carboxylic acids is 1. The lowest BCUT2D eigenvalue weighted by Crippen LogP contribution is -2.48. The first-order chi connectivity index (χ1) is 13.8. The van der Waals surface area contributed by atoms with Gasteiger partial charge in [0.15, 0.2) is 6.10 Å². The number of aromatic nitrogens is 2. The van der Waals surface area contributed by atoms with E-state index in [9.17, 15) is 24.2 Å². The van der Waals surface area contributed by atoms with Crippen LogP contribution in [0.3, 0.4) is 0 Å². The molecule has 0 spiro atoms. The molecule has 1 amide bonds. The van der Waals surface area contributed by atoms with Gasteiger partial charge in [0.1, 0.15) is 11.5 Å². The Kier molecular flexibility index (Phi) is 6.26. The van der Waals surface area contributed by atoms with E-state index < -0.39 is 29.8 Å². The quantitative estimate of drug-likeness (QED) is 0.471. The van der Waals surface area contributed by atoms with Crippen molar-refractivity contribution < 1.29 is 24.2 Å². The molecule has 2 atom stereocenters. The minimum Gasteiger partial charge on any atom is -0.479 e. The molecule has 0 aliphatic heterocycles. The molecule has 1 aromatic heterocycles. The number of aliphatic hydroxyl groups is 1. The van der Waals surface area contributed by atoms with Gasteiger partial charge in [-0.05, 0) is 48.4 Å². The fraction of sp³-hybridized carbons (Fsp3) is 0.150. The lowest BCUT2D eigenvalue weighted by atomic mass is 10.0. The first-order valence-electron chi connectivity index (χ1n) is 8.61. The Hall–Kier alpha value is -3.23. The molecule has 1 heterocycles. The van der Waals surface area contributed by atoms with Crippen LogP contribution in [-0.2, 0) is 11.2 Å². The number of halogens is 2. The third kappa shape index (κ3) is 4.98. The van der Waals surface area contributed by atoms with Gasteiger partial charge in [0, 0.05) is 10.6 Å². The number of hydrogen-bond donors (Lipinski definition) is 4. The summed E-state index contributed by atoms with van der Waals surface area (Å²) in [6, 6.07) is 12.6. The molecule has 4 N–H and O–H groups in total. The van der Waals surface area contributed by atoms with E-state index in [1.165, 1.54) is 30.3 Å². The van der Waals surface area contributed by atoms with Crippen LogP contribution in [0.1, 0.15) is 16.1 Å². The Bertz CT molecular complexity index is 1020. The van der Waals surface area contributed by atoms with Crippen LogP contribution in [0.15, 0.2) is 54.6 Å². The minimum atomic E-state index is -1.84. The number of aliphatic hydroxyl groups excluding tert-OH is 1. The van der Waals surface area contributed by atoms with Crippen molar-refractivity contribution in [3.63, 3.8) is 0 Å². The fourth-order valence-electron chi connectivity index (χ4n) is 2.77. The Morgan fingerprint density at radius 2 is 1.86 bits per heavy atom. The molecule has 3 aromatic rings. The summed E-state index contributed by atoms with van der Waals surface area (Å²) in [6.07, 6.45) is -1.83. The molecule has 0 radical (unpaired) electrons. The van der Waals surface area contributed by atoms with Crippen LogP contribution in [-0.4, -0.2) is 44.4 Å². The zero-order valence-corrected chi connectivity index (χ0v) is 15.7. The minimum absolute atomic E-state index is 0.0117. The topological polar surface area (TPSA) is 115 Å². The van der Waals surface area contributed by atoms with Gasteiger partial charge in [-0.25, -0.2) is 9.18 Å². The van der Waals surface area contributed by atoms with Crippen LogP contribution in [0, 0.1) is 5.82 Å². The third-order valence-electron chi connectivity index (χ3n) is 4.31. The van der Waals surface area contributed by atoms with Gasteiger partial charge in [-0.1, -0.05) is 29.8 Å². The van der Waals surface area contributed by atoms with Crippen LogP contribution in [0.2, 0.25) is 5.02 Å². The number of carboxylic acids is 1. The molecule has 2 unspecified atom stereocenters. The van der Waals surface area contributed by atoms with Crippen molar-refractivity contribution in [1.29, 1.82) is 0 Å². The molecule has 0 saturated carbocycles. The molecule has 9 heteroatoms. The third-order valence-corrected chi connectivity index (χ3v) is 4.68. The van der Waals surface area contributed by atoms with E-state index in [1.807, 2.05) is 0 Å². The smallest absolute Gasteiger partial charge is 0.334 e. The zero-order chi connectivity index (χ0) is 21.0. The standard InChI is InChI=1S/C20H17ClFN3O4/c21-14-4-2-1-3-12(14)9-16(18(26)20(28)29)23-19(27)17-10-15(24-25-17)11-5-7-13(22)8-6-11/h1-8,10,16,18,26H,9H2,(H,23,27)(H,24,25)(H,28,29). The Morgan fingerprint density at radius 3 is 2.52 bits per heavy atom. The van der Waals surface area contributed by atoms with Gasteiger partial charge in [-0.2, -0.15) is 5.10 Å². The number of amides is 1. The van der Waals surface area contributed by atoms with Crippen molar-refractivity contribution >= 4 is 23.5 Å². The predicted octanol–water partition coefficient (Wildman–Crippen LogP) is 2.66. The van der Waals surface area contributed by atoms with Crippen molar-refractivity contribution in [2.75, 3.05) is 0 Å². The summed E-state index contributed by atoms with van der Waals surface area (Å²) in [6.45, 7) is 0. The van der Waals surface area contributed by atoms with Gasteiger partial charge < -0.3 is 15.5 Å². The predicted molar refractivity (Wildman–Crippen MR) is 104 cm³/mol. The maximum atomic E-state index is 13.1. The van der Waals surface area contributed by atoms with Crippen molar-refractivity contribution in [3.8, 4) is 11.3 Å². The zero-order valence-electron chi connectivity index (χ0n) is 15.0. The Labute approximate surface area is 170 Å². The molecule has 29 heavy (non-hydrogen) atoms. The molecule has 0 aliphatic rings. The second kappa shape index (κ2) is 8.85. The molecule has 0 saturated heterocycles. The number of carboxylic acid groups (broad SMARTS) is 1. The number of carbonyl (C=O) groups excluding carboxylic acids is 1. The molecule has 0 bridgehead atoms. The highest BCUT2D eigenvalue weighted by molar-refractivity contribution is 6.31. The SMILES string of the molecule is O=C(NC(Cc1ccccc1Cl)C(O)C(=O)O)c1cc(-c2ccc(F)cc2)n[nH]1. The number of H-pyrrole nitrogens is 1. The van der Waals surface area contributed by atoms with Gasteiger partial charge in [-0.3, -0.25) is 9.89 Å². The maximum Gasteiger partial charge on any atom is 0.334 e. The number of nitrogens with one attached hydrogen (secondary N) is 2. The summed E-state index contributed by atoms with van der Waals surface area (Å²) >= 11 is 6.10. The molecule has 150 valence electrons. The number of hydrogen-bond acceptors (Lipinski definition) is 4. The van der Waals surface area contributed by atoms with Crippen molar-refractivity contribution in [2.45, 2.75) is 18.6 Å². The van der Waals surface area contributed by atoms with E-state index in [1.54, 1.807) is 24.3 Å². The molecule has 0 aliphatic carbocycles.